The number of amides is 1. The van der Waals surface area contributed by atoms with E-state index in [0.717, 1.165) is 12.1 Å². The van der Waals surface area contributed by atoms with Crippen molar-refractivity contribution in [2.75, 3.05) is 12.3 Å². The molecule has 19 heavy (non-hydrogen) atoms. The van der Waals surface area contributed by atoms with Gasteiger partial charge in [-0.2, -0.15) is 0 Å². The Morgan fingerprint density at radius 3 is 2.47 bits per heavy atom. The Balaban J connectivity index is 2.85. The first-order valence-electron chi connectivity index (χ1n) is 6.08. The number of nitrogen functional groups attached to an aromatic ring is 1. The summed E-state index contributed by atoms with van der Waals surface area (Å²) in [5.74, 6) is -2.55. The van der Waals surface area contributed by atoms with E-state index in [2.05, 4.69) is 5.32 Å². The number of carbonyl (C=O) groups excluding carboxylic acids is 1. The Morgan fingerprint density at radius 1 is 1.37 bits per heavy atom. The molecule has 1 aromatic rings. The van der Waals surface area contributed by atoms with Gasteiger partial charge >= 0.3 is 0 Å². The van der Waals surface area contributed by atoms with Gasteiger partial charge in [-0.3, -0.25) is 4.79 Å². The van der Waals surface area contributed by atoms with Crippen LogP contribution in [-0.2, 0) is 0 Å². The predicted octanol–water partition coefficient (Wildman–Crippen LogP) is 1.83. The fourth-order valence-electron chi connectivity index (χ4n) is 1.62. The fourth-order valence-corrected chi connectivity index (χ4v) is 1.62. The molecule has 4 N–H and O–H groups in total. The number of aliphatic hydroxyl groups is 1. The molecule has 106 valence electrons. The molecule has 1 amide bonds. The molecule has 1 aromatic carbocycles. The summed E-state index contributed by atoms with van der Waals surface area (Å²) in [6.45, 7) is 3.52. The largest absolute Gasteiger partial charge is 0.396 e. The number of hydrogen-bond acceptors (Lipinski definition) is 3. The summed E-state index contributed by atoms with van der Waals surface area (Å²) < 4.78 is 26.7. The number of nitrogens with two attached hydrogens (primary N) is 1. The monoisotopic (exact) mass is 272 g/mol. The summed E-state index contributed by atoms with van der Waals surface area (Å²) in [5.41, 5.74) is 3.31. The maximum Gasteiger partial charge on any atom is 0.254 e. The highest BCUT2D eigenvalue weighted by Crippen LogP contribution is 2.18. The van der Waals surface area contributed by atoms with Crippen LogP contribution in [0.15, 0.2) is 12.1 Å². The first-order chi connectivity index (χ1) is 8.83. The van der Waals surface area contributed by atoms with Gasteiger partial charge < -0.3 is 16.2 Å². The third kappa shape index (κ3) is 3.64. The van der Waals surface area contributed by atoms with Crippen molar-refractivity contribution in [3.63, 3.8) is 0 Å². The molecule has 6 heteroatoms. The summed E-state index contributed by atoms with van der Waals surface area (Å²) in [6.07, 6.45) is 0.884. The highest BCUT2D eigenvalue weighted by Gasteiger charge is 2.24. The second-order valence-electron chi connectivity index (χ2n) is 4.47. The number of anilines is 1. The molecule has 0 spiro atoms. The van der Waals surface area contributed by atoms with Crippen molar-refractivity contribution >= 4 is 11.6 Å². The lowest BCUT2D eigenvalue weighted by atomic mass is 9.97. The first kappa shape index (κ1) is 15.4. The smallest absolute Gasteiger partial charge is 0.254 e. The van der Waals surface area contributed by atoms with Crippen LogP contribution >= 0.6 is 0 Å². The van der Waals surface area contributed by atoms with E-state index in [9.17, 15) is 18.7 Å². The van der Waals surface area contributed by atoms with Gasteiger partial charge in [-0.15, -0.1) is 0 Å². The number of halogens is 2. The molecule has 0 saturated carbocycles. The average Bonchev–Trinajstić information content (AvgIpc) is 2.39. The highest BCUT2D eigenvalue weighted by atomic mass is 19.1. The Kier molecular flexibility index (Phi) is 4.83. The molecular weight excluding hydrogens is 254 g/mol. The van der Waals surface area contributed by atoms with Gasteiger partial charge in [0.15, 0.2) is 5.82 Å². The zero-order valence-corrected chi connectivity index (χ0v) is 11.0. The number of rotatable bonds is 5. The molecule has 0 unspecified atom stereocenters. The lowest BCUT2D eigenvalue weighted by Crippen LogP contribution is -2.42. The van der Waals surface area contributed by atoms with Crippen molar-refractivity contribution in [2.24, 2.45) is 0 Å². The topological polar surface area (TPSA) is 75.3 Å². The summed E-state index contributed by atoms with van der Waals surface area (Å²) in [4.78, 5) is 11.8. The molecule has 0 aliphatic heterocycles. The molecule has 0 atom stereocenters. The van der Waals surface area contributed by atoms with Crippen LogP contribution in [0.1, 0.15) is 37.0 Å². The third-order valence-electron chi connectivity index (χ3n) is 3.20. The van der Waals surface area contributed by atoms with Crippen molar-refractivity contribution in [3.8, 4) is 0 Å². The number of carbonyl (C=O) groups is 1. The van der Waals surface area contributed by atoms with Gasteiger partial charge in [0.2, 0.25) is 0 Å². The highest BCUT2D eigenvalue weighted by molar-refractivity contribution is 5.95. The van der Waals surface area contributed by atoms with Gasteiger partial charge in [-0.1, -0.05) is 13.8 Å². The Labute approximate surface area is 110 Å². The van der Waals surface area contributed by atoms with Crippen molar-refractivity contribution in [1.29, 1.82) is 0 Å². The van der Waals surface area contributed by atoms with Crippen molar-refractivity contribution in [2.45, 2.75) is 32.3 Å². The molecule has 0 heterocycles. The minimum Gasteiger partial charge on any atom is -0.396 e. The summed E-state index contributed by atoms with van der Waals surface area (Å²) >= 11 is 0. The predicted molar refractivity (Wildman–Crippen MR) is 68.6 cm³/mol. The van der Waals surface area contributed by atoms with E-state index in [1.807, 2.05) is 0 Å². The molecule has 0 fully saturated rings. The maximum absolute atomic E-state index is 13.6. The number of nitrogens with one attached hydrogen (secondary N) is 1. The van der Waals surface area contributed by atoms with Crippen LogP contribution in [0.3, 0.4) is 0 Å². The van der Waals surface area contributed by atoms with Crippen LogP contribution in [0.5, 0.6) is 0 Å². The van der Waals surface area contributed by atoms with E-state index in [1.54, 1.807) is 13.8 Å². The van der Waals surface area contributed by atoms with E-state index in [-0.39, 0.29) is 6.54 Å². The van der Waals surface area contributed by atoms with E-state index in [0.29, 0.717) is 12.8 Å². The second-order valence-corrected chi connectivity index (χ2v) is 4.47. The van der Waals surface area contributed by atoms with Crippen LogP contribution < -0.4 is 11.1 Å². The molecule has 4 nitrogen and oxygen atoms in total. The molecular formula is C13H18F2N2O2. The molecule has 0 aliphatic rings. The Hall–Kier alpha value is -1.69. The SMILES string of the molecule is CCC(O)(CC)CNC(=O)c1cc(F)cc(N)c1F. The van der Waals surface area contributed by atoms with Crippen LogP contribution in [0.25, 0.3) is 0 Å². The van der Waals surface area contributed by atoms with Crippen molar-refractivity contribution < 1.29 is 18.7 Å². The molecule has 0 bridgehead atoms. The van der Waals surface area contributed by atoms with Crippen LogP contribution in [-0.4, -0.2) is 23.2 Å². The van der Waals surface area contributed by atoms with Gasteiger partial charge in [-0.25, -0.2) is 8.78 Å². The molecule has 0 radical (unpaired) electrons. The van der Waals surface area contributed by atoms with Gasteiger partial charge in [0.1, 0.15) is 5.82 Å². The van der Waals surface area contributed by atoms with Gasteiger partial charge in [0, 0.05) is 6.54 Å². The van der Waals surface area contributed by atoms with E-state index < -0.39 is 34.4 Å². The molecule has 0 saturated heterocycles. The zero-order chi connectivity index (χ0) is 14.6. The van der Waals surface area contributed by atoms with Crippen molar-refractivity contribution in [3.05, 3.63) is 29.3 Å². The second kappa shape index (κ2) is 5.97. The standard InChI is InChI=1S/C13H18F2N2O2/c1-3-13(19,4-2)7-17-12(18)9-5-8(14)6-10(16)11(9)15/h5-6,19H,3-4,7,16H2,1-2H3,(H,17,18). The Bertz CT molecular complexity index is 474. The molecule has 1 rings (SSSR count). The first-order valence-corrected chi connectivity index (χ1v) is 6.08. The number of benzene rings is 1. The van der Waals surface area contributed by atoms with Crippen molar-refractivity contribution in [1.82, 2.24) is 5.32 Å². The van der Waals surface area contributed by atoms with Gasteiger partial charge in [-0.05, 0) is 25.0 Å². The molecule has 0 aliphatic carbocycles. The lowest BCUT2D eigenvalue weighted by Gasteiger charge is -2.25. The average molecular weight is 272 g/mol. The fraction of sp³-hybridized carbons (Fsp3) is 0.462. The lowest BCUT2D eigenvalue weighted by molar-refractivity contribution is 0.0313. The summed E-state index contributed by atoms with van der Waals surface area (Å²) in [6, 6.07) is 1.58. The summed E-state index contributed by atoms with van der Waals surface area (Å²) in [5, 5.41) is 12.4. The van der Waals surface area contributed by atoms with E-state index in [1.165, 1.54) is 0 Å². The van der Waals surface area contributed by atoms with Crippen LogP contribution in [0.4, 0.5) is 14.5 Å². The van der Waals surface area contributed by atoms with E-state index in [4.69, 9.17) is 5.73 Å². The summed E-state index contributed by atoms with van der Waals surface area (Å²) in [7, 11) is 0. The van der Waals surface area contributed by atoms with Gasteiger partial charge in [0.05, 0.1) is 16.9 Å². The number of hydrogen-bond donors (Lipinski definition) is 3. The third-order valence-corrected chi connectivity index (χ3v) is 3.20. The minimum absolute atomic E-state index is 0.0330. The van der Waals surface area contributed by atoms with E-state index >= 15 is 0 Å². The normalized spacial score (nSPS) is 11.4. The van der Waals surface area contributed by atoms with Crippen LogP contribution in [0.2, 0.25) is 0 Å². The quantitative estimate of drug-likeness (QED) is 0.716. The van der Waals surface area contributed by atoms with Crippen LogP contribution in [0, 0.1) is 11.6 Å². The Morgan fingerprint density at radius 2 is 1.95 bits per heavy atom. The maximum atomic E-state index is 13.6. The van der Waals surface area contributed by atoms with Gasteiger partial charge in [0.25, 0.3) is 5.91 Å². The minimum atomic E-state index is -1.05. The molecule has 0 aromatic heterocycles. The zero-order valence-electron chi connectivity index (χ0n) is 11.0.